The van der Waals surface area contributed by atoms with Gasteiger partial charge in [0.2, 0.25) is 0 Å². The molecule has 5 heteroatoms. The van der Waals surface area contributed by atoms with Crippen LogP contribution < -0.4 is 9.64 Å². The van der Waals surface area contributed by atoms with E-state index in [1.54, 1.807) is 36.4 Å². The lowest BCUT2D eigenvalue weighted by Crippen LogP contribution is -2.12. The molecule has 0 radical (unpaired) electrons. The minimum atomic E-state index is 0.154. The van der Waals surface area contributed by atoms with Crippen LogP contribution in [0, 0.1) is 20.8 Å². The van der Waals surface area contributed by atoms with Gasteiger partial charge < -0.3 is 25.0 Å². The highest BCUT2D eigenvalue weighted by atomic mass is 16.5. The van der Waals surface area contributed by atoms with E-state index in [0.717, 1.165) is 33.8 Å². The zero-order chi connectivity index (χ0) is 22.8. The first-order chi connectivity index (χ1) is 15.3. The number of ether oxygens (including phenoxy) is 1. The molecule has 0 unspecified atom stereocenters. The van der Waals surface area contributed by atoms with Crippen LogP contribution in [0.15, 0.2) is 78.9 Å². The number of hydrogen-bond donors (Lipinski definition) is 3. The lowest BCUT2D eigenvalue weighted by molar-refractivity contribution is 0.454. The number of rotatable bonds is 5. The summed E-state index contributed by atoms with van der Waals surface area (Å²) in [5, 5.41) is 30.4. The Balaban J connectivity index is 1.76. The van der Waals surface area contributed by atoms with Gasteiger partial charge in [-0.3, -0.25) is 0 Å². The lowest BCUT2D eigenvalue weighted by atomic mass is 10.1. The summed E-state index contributed by atoms with van der Waals surface area (Å²) in [5.41, 5.74) is 4.80. The van der Waals surface area contributed by atoms with Crippen LogP contribution in [0.3, 0.4) is 0 Å². The molecule has 0 amide bonds. The monoisotopic (exact) mass is 427 g/mol. The van der Waals surface area contributed by atoms with Gasteiger partial charge in [0.15, 0.2) is 0 Å². The predicted octanol–water partition coefficient (Wildman–Crippen LogP) is 6.99. The topological polar surface area (TPSA) is 73.2 Å². The van der Waals surface area contributed by atoms with Crippen LogP contribution in [0.25, 0.3) is 0 Å². The predicted molar refractivity (Wildman–Crippen MR) is 127 cm³/mol. The van der Waals surface area contributed by atoms with Crippen molar-refractivity contribution in [3.05, 3.63) is 95.6 Å². The van der Waals surface area contributed by atoms with E-state index in [1.807, 2.05) is 68.1 Å². The van der Waals surface area contributed by atoms with Crippen molar-refractivity contribution < 1.29 is 20.1 Å². The van der Waals surface area contributed by atoms with Gasteiger partial charge >= 0.3 is 0 Å². The first kappa shape index (κ1) is 21.1. The molecule has 0 atom stereocenters. The molecule has 162 valence electrons. The van der Waals surface area contributed by atoms with Crippen molar-refractivity contribution in [3.8, 4) is 28.7 Å². The van der Waals surface area contributed by atoms with E-state index in [1.165, 1.54) is 0 Å². The van der Waals surface area contributed by atoms with E-state index in [4.69, 9.17) is 4.74 Å². The number of phenolic OH excluding ortho intramolecular Hbond substituents is 3. The molecule has 0 saturated heterocycles. The van der Waals surface area contributed by atoms with Crippen molar-refractivity contribution in [1.29, 1.82) is 0 Å². The van der Waals surface area contributed by atoms with Gasteiger partial charge in [-0.2, -0.15) is 0 Å². The van der Waals surface area contributed by atoms with E-state index in [-0.39, 0.29) is 17.2 Å². The fourth-order valence-corrected chi connectivity index (χ4v) is 3.70. The zero-order valence-corrected chi connectivity index (χ0v) is 18.2. The lowest BCUT2D eigenvalue weighted by Gasteiger charge is -2.29. The quantitative estimate of drug-likeness (QED) is 0.320. The first-order valence-electron chi connectivity index (χ1n) is 10.3. The summed E-state index contributed by atoms with van der Waals surface area (Å²) in [7, 11) is 0. The number of benzene rings is 4. The molecule has 3 N–H and O–H groups in total. The summed E-state index contributed by atoms with van der Waals surface area (Å²) in [6.45, 7) is 5.61. The van der Waals surface area contributed by atoms with Gasteiger partial charge in [-0.1, -0.05) is 12.1 Å². The normalized spacial score (nSPS) is 10.7. The van der Waals surface area contributed by atoms with Crippen LogP contribution in [0.5, 0.6) is 28.7 Å². The molecule has 0 bridgehead atoms. The minimum absolute atomic E-state index is 0.154. The number of hydrogen-bond acceptors (Lipinski definition) is 5. The van der Waals surface area contributed by atoms with E-state index in [0.29, 0.717) is 11.5 Å². The van der Waals surface area contributed by atoms with Crippen LogP contribution in [-0.4, -0.2) is 15.3 Å². The molecule has 0 spiro atoms. The van der Waals surface area contributed by atoms with Crippen molar-refractivity contribution in [2.75, 3.05) is 4.90 Å². The molecule has 0 aliphatic carbocycles. The maximum absolute atomic E-state index is 10.3. The molecule has 4 rings (SSSR count). The zero-order valence-electron chi connectivity index (χ0n) is 18.2. The molecule has 32 heavy (non-hydrogen) atoms. The molecule has 0 saturated carbocycles. The van der Waals surface area contributed by atoms with Crippen LogP contribution in [0.2, 0.25) is 0 Å². The number of anilines is 3. The van der Waals surface area contributed by atoms with Crippen LogP contribution in [0.1, 0.15) is 16.7 Å². The maximum Gasteiger partial charge on any atom is 0.131 e. The molecular formula is C27H25NO4. The second-order valence-electron chi connectivity index (χ2n) is 7.78. The highest BCUT2D eigenvalue weighted by Gasteiger charge is 2.19. The van der Waals surface area contributed by atoms with Crippen LogP contribution >= 0.6 is 0 Å². The summed E-state index contributed by atoms with van der Waals surface area (Å²) in [4.78, 5) is 1.99. The molecule has 0 fully saturated rings. The molecule has 0 aliphatic heterocycles. The SMILES string of the molecule is Cc1cc(O)cc(Oc2ccc(N(c3cccc(O)c3C)c3cccc(O)c3C)cc2)c1. The second-order valence-corrected chi connectivity index (χ2v) is 7.78. The Morgan fingerprint density at radius 2 is 1.19 bits per heavy atom. The Labute approximate surface area is 187 Å². The van der Waals surface area contributed by atoms with Gasteiger partial charge in [0.05, 0.1) is 11.4 Å². The van der Waals surface area contributed by atoms with Gasteiger partial charge in [0.1, 0.15) is 28.7 Å². The van der Waals surface area contributed by atoms with Gasteiger partial charge in [0, 0.05) is 22.9 Å². The third kappa shape index (κ3) is 4.18. The fraction of sp³-hybridized carbons (Fsp3) is 0.111. The molecule has 4 aromatic carbocycles. The average Bonchev–Trinajstić information content (AvgIpc) is 2.75. The van der Waals surface area contributed by atoms with Gasteiger partial charge in [-0.05, 0) is 87.0 Å². The largest absolute Gasteiger partial charge is 0.508 e. The van der Waals surface area contributed by atoms with Crippen molar-refractivity contribution in [1.82, 2.24) is 0 Å². The molecular weight excluding hydrogens is 402 g/mol. The Bertz CT molecular complexity index is 1190. The maximum atomic E-state index is 10.3. The van der Waals surface area contributed by atoms with Crippen molar-refractivity contribution in [2.24, 2.45) is 0 Å². The number of aromatic hydroxyl groups is 3. The highest BCUT2D eigenvalue weighted by molar-refractivity contribution is 5.82. The first-order valence-corrected chi connectivity index (χ1v) is 10.3. The van der Waals surface area contributed by atoms with E-state index in [2.05, 4.69) is 0 Å². The van der Waals surface area contributed by atoms with Crippen LogP contribution in [0.4, 0.5) is 17.1 Å². The fourth-order valence-electron chi connectivity index (χ4n) is 3.70. The summed E-state index contributed by atoms with van der Waals surface area (Å²) in [6.07, 6.45) is 0. The van der Waals surface area contributed by atoms with Crippen molar-refractivity contribution in [2.45, 2.75) is 20.8 Å². The number of nitrogens with zero attached hydrogens (tertiary/aromatic N) is 1. The summed E-state index contributed by atoms with van der Waals surface area (Å²) in [5.74, 6) is 1.73. The van der Waals surface area contributed by atoms with Gasteiger partial charge in [0.25, 0.3) is 0 Å². The van der Waals surface area contributed by atoms with E-state index >= 15 is 0 Å². The highest BCUT2D eigenvalue weighted by Crippen LogP contribution is 2.42. The van der Waals surface area contributed by atoms with Crippen LogP contribution in [-0.2, 0) is 0 Å². The molecule has 0 aliphatic rings. The Kier molecular flexibility index (Phi) is 5.65. The van der Waals surface area contributed by atoms with Gasteiger partial charge in [-0.25, -0.2) is 0 Å². The number of phenols is 3. The molecule has 5 nitrogen and oxygen atoms in total. The third-order valence-electron chi connectivity index (χ3n) is 5.40. The van der Waals surface area contributed by atoms with Gasteiger partial charge in [-0.15, -0.1) is 0 Å². The van der Waals surface area contributed by atoms with Crippen molar-refractivity contribution >= 4 is 17.1 Å². The minimum Gasteiger partial charge on any atom is -0.508 e. The smallest absolute Gasteiger partial charge is 0.131 e. The van der Waals surface area contributed by atoms with Crippen molar-refractivity contribution in [3.63, 3.8) is 0 Å². The second kappa shape index (κ2) is 8.55. The third-order valence-corrected chi connectivity index (χ3v) is 5.40. The Morgan fingerprint density at radius 3 is 1.72 bits per heavy atom. The summed E-state index contributed by atoms with van der Waals surface area (Å²) >= 11 is 0. The van der Waals surface area contributed by atoms with E-state index in [9.17, 15) is 15.3 Å². The molecule has 4 aromatic rings. The average molecular weight is 428 g/mol. The Hall–Kier alpha value is -4.12. The molecule has 0 aromatic heterocycles. The number of aryl methyl sites for hydroxylation is 1. The summed E-state index contributed by atoms with van der Waals surface area (Å²) in [6, 6.07) is 23.4. The standard InChI is InChI=1S/C27H25NO4/c1-17-14-21(29)16-23(15-17)32-22-12-10-20(11-13-22)28(24-6-4-8-26(30)18(24)2)25-7-5-9-27(31)19(25)3/h4-16,29-31H,1-3H3. The Morgan fingerprint density at radius 1 is 0.625 bits per heavy atom. The summed E-state index contributed by atoms with van der Waals surface area (Å²) < 4.78 is 5.91. The molecule has 0 heterocycles. The van der Waals surface area contributed by atoms with E-state index < -0.39 is 0 Å².